The van der Waals surface area contributed by atoms with Gasteiger partial charge in [0, 0.05) is 17.6 Å². The van der Waals surface area contributed by atoms with Crippen LogP contribution in [0.3, 0.4) is 0 Å². The molecule has 4 nitrogen and oxygen atoms in total. The van der Waals surface area contributed by atoms with E-state index in [1.165, 1.54) is 0 Å². The van der Waals surface area contributed by atoms with E-state index >= 15 is 0 Å². The normalized spacial score (nSPS) is 12.6. The molecule has 2 rings (SSSR count). The van der Waals surface area contributed by atoms with E-state index in [-0.39, 0.29) is 12.6 Å². The quantitative estimate of drug-likeness (QED) is 0.816. The fourth-order valence-electron chi connectivity index (χ4n) is 1.56. The van der Waals surface area contributed by atoms with Gasteiger partial charge in [-0.1, -0.05) is 6.07 Å². The Labute approximate surface area is 100 Å². The Bertz CT molecular complexity index is 488. The summed E-state index contributed by atoms with van der Waals surface area (Å²) in [5.74, 6) is 0.802. The molecule has 0 bridgehead atoms. The average molecular weight is 232 g/mol. The maximum Gasteiger partial charge on any atom is 0.120 e. The third-order valence-electron chi connectivity index (χ3n) is 2.57. The third-order valence-corrected chi connectivity index (χ3v) is 2.57. The summed E-state index contributed by atoms with van der Waals surface area (Å²) in [6.45, 7) is 0.499. The molecule has 1 aromatic heterocycles. The highest BCUT2D eigenvalue weighted by molar-refractivity contribution is 5.79. The number of hydrogen-bond acceptors (Lipinski definition) is 4. The minimum absolute atomic E-state index is 0.00893. The SMILES string of the molecule is NC(CO)CCOc1ccc2ncccc2c1. The van der Waals surface area contributed by atoms with Gasteiger partial charge < -0.3 is 15.6 Å². The fraction of sp³-hybridized carbons (Fsp3) is 0.308. The minimum Gasteiger partial charge on any atom is -0.494 e. The molecule has 17 heavy (non-hydrogen) atoms. The molecular weight excluding hydrogens is 216 g/mol. The summed E-state index contributed by atoms with van der Waals surface area (Å²) in [6, 6.07) is 9.45. The number of benzene rings is 1. The summed E-state index contributed by atoms with van der Waals surface area (Å²) < 4.78 is 5.57. The lowest BCUT2D eigenvalue weighted by Gasteiger charge is -2.10. The van der Waals surface area contributed by atoms with E-state index in [1.807, 2.05) is 30.3 Å². The van der Waals surface area contributed by atoms with Crippen LogP contribution < -0.4 is 10.5 Å². The van der Waals surface area contributed by atoms with Crippen molar-refractivity contribution < 1.29 is 9.84 Å². The van der Waals surface area contributed by atoms with Gasteiger partial charge in [-0.15, -0.1) is 0 Å². The molecule has 2 aromatic rings. The first-order chi connectivity index (χ1) is 8.29. The zero-order valence-electron chi connectivity index (χ0n) is 9.54. The molecule has 3 N–H and O–H groups in total. The number of aliphatic hydroxyl groups excluding tert-OH is 1. The monoisotopic (exact) mass is 232 g/mol. The van der Waals surface area contributed by atoms with Crippen LogP contribution in [0.15, 0.2) is 36.5 Å². The number of aromatic nitrogens is 1. The molecule has 1 atom stereocenters. The van der Waals surface area contributed by atoms with Crippen LogP contribution >= 0.6 is 0 Å². The largest absolute Gasteiger partial charge is 0.494 e. The highest BCUT2D eigenvalue weighted by Gasteiger charge is 2.01. The van der Waals surface area contributed by atoms with Gasteiger partial charge in [0.1, 0.15) is 5.75 Å². The van der Waals surface area contributed by atoms with E-state index in [2.05, 4.69) is 4.98 Å². The van der Waals surface area contributed by atoms with Crippen LogP contribution in [-0.2, 0) is 0 Å². The Hall–Kier alpha value is -1.65. The average Bonchev–Trinajstić information content (AvgIpc) is 2.38. The van der Waals surface area contributed by atoms with Crippen LogP contribution in [0.2, 0.25) is 0 Å². The van der Waals surface area contributed by atoms with Gasteiger partial charge in [0.2, 0.25) is 0 Å². The van der Waals surface area contributed by atoms with Gasteiger partial charge in [0.25, 0.3) is 0 Å². The maximum atomic E-state index is 8.78. The number of ether oxygens (including phenoxy) is 1. The van der Waals surface area contributed by atoms with Crippen LogP contribution in [0.25, 0.3) is 10.9 Å². The number of fused-ring (bicyclic) bond motifs is 1. The van der Waals surface area contributed by atoms with Crippen molar-refractivity contribution in [3.8, 4) is 5.75 Å². The van der Waals surface area contributed by atoms with Crippen LogP contribution in [0.1, 0.15) is 6.42 Å². The van der Waals surface area contributed by atoms with Gasteiger partial charge >= 0.3 is 0 Å². The maximum absolute atomic E-state index is 8.78. The van der Waals surface area contributed by atoms with Crippen molar-refractivity contribution in [2.24, 2.45) is 5.73 Å². The van der Waals surface area contributed by atoms with Crippen molar-refractivity contribution in [3.05, 3.63) is 36.5 Å². The van der Waals surface area contributed by atoms with Gasteiger partial charge in [-0.25, -0.2) is 0 Å². The molecule has 1 heterocycles. The van der Waals surface area contributed by atoms with Gasteiger partial charge in [-0.3, -0.25) is 4.98 Å². The first-order valence-electron chi connectivity index (χ1n) is 5.63. The number of rotatable bonds is 5. The lowest BCUT2D eigenvalue weighted by molar-refractivity contribution is 0.230. The van der Waals surface area contributed by atoms with Gasteiger partial charge in [-0.05, 0) is 30.7 Å². The standard InChI is InChI=1S/C13H16N2O2/c14-11(9-16)5-7-17-12-3-4-13-10(8-12)2-1-6-15-13/h1-4,6,8,11,16H,5,7,9,14H2. The minimum atomic E-state index is -0.211. The van der Waals surface area contributed by atoms with E-state index in [9.17, 15) is 0 Å². The Morgan fingerprint density at radius 2 is 2.24 bits per heavy atom. The predicted molar refractivity (Wildman–Crippen MR) is 66.9 cm³/mol. The Balaban J connectivity index is 1.99. The van der Waals surface area contributed by atoms with Crippen LogP contribution in [0.4, 0.5) is 0 Å². The van der Waals surface area contributed by atoms with E-state index < -0.39 is 0 Å². The van der Waals surface area contributed by atoms with Crippen molar-refractivity contribution in [2.45, 2.75) is 12.5 Å². The smallest absolute Gasteiger partial charge is 0.120 e. The van der Waals surface area contributed by atoms with E-state index in [0.29, 0.717) is 13.0 Å². The van der Waals surface area contributed by atoms with Crippen molar-refractivity contribution in [3.63, 3.8) is 0 Å². The predicted octanol–water partition coefficient (Wildman–Crippen LogP) is 1.32. The number of aliphatic hydroxyl groups is 1. The number of hydrogen-bond donors (Lipinski definition) is 2. The molecule has 1 aromatic carbocycles. The second-order valence-electron chi connectivity index (χ2n) is 3.94. The fourth-order valence-corrected chi connectivity index (χ4v) is 1.56. The first kappa shape index (κ1) is 11.8. The molecular formula is C13H16N2O2. The molecule has 0 aliphatic rings. The number of pyridine rings is 1. The van der Waals surface area contributed by atoms with E-state index in [0.717, 1.165) is 16.7 Å². The summed E-state index contributed by atoms with van der Waals surface area (Å²) in [4.78, 5) is 4.24. The zero-order valence-corrected chi connectivity index (χ0v) is 9.54. The summed E-state index contributed by atoms with van der Waals surface area (Å²) in [6.07, 6.45) is 2.41. The van der Waals surface area contributed by atoms with Crippen molar-refractivity contribution in [2.75, 3.05) is 13.2 Å². The zero-order chi connectivity index (χ0) is 12.1. The van der Waals surface area contributed by atoms with Crippen LogP contribution in [0.5, 0.6) is 5.75 Å². The van der Waals surface area contributed by atoms with E-state index in [4.69, 9.17) is 15.6 Å². The topological polar surface area (TPSA) is 68.4 Å². The lowest BCUT2D eigenvalue weighted by atomic mass is 10.2. The van der Waals surface area contributed by atoms with Gasteiger partial charge in [0.05, 0.1) is 18.7 Å². The van der Waals surface area contributed by atoms with Crippen LogP contribution in [0, 0.1) is 0 Å². The Morgan fingerprint density at radius 1 is 1.35 bits per heavy atom. The van der Waals surface area contributed by atoms with Crippen molar-refractivity contribution in [1.82, 2.24) is 4.98 Å². The molecule has 90 valence electrons. The molecule has 0 fully saturated rings. The van der Waals surface area contributed by atoms with Gasteiger partial charge in [-0.2, -0.15) is 0 Å². The molecule has 4 heteroatoms. The summed E-state index contributed by atoms with van der Waals surface area (Å²) in [5.41, 5.74) is 6.54. The molecule has 0 amide bonds. The Morgan fingerprint density at radius 3 is 3.06 bits per heavy atom. The second-order valence-corrected chi connectivity index (χ2v) is 3.94. The van der Waals surface area contributed by atoms with Gasteiger partial charge in [0.15, 0.2) is 0 Å². The molecule has 0 saturated carbocycles. The molecule has 0 spiro atoms. The third kappa shape index (κ3) is 3.15. The first-order valence-corrected chi connectivity index (χ1v) is 5.63. The molecule has 0 saturated heterocycles. The molecule has 0 aliphatic heterocycles. The summed E-state index contributed by atoms with van der Waals surface area (Å²) >= 11 is 0. The summed E-state index contributed by atoms with van der Waals surface area (Å²) in [5, 5.41) is 9.84. The Kier molecular flexibility index (Phi) is 3.90. The summed E-state index contributed by atoms with van der Waals surface area (Å²) in [7, 11) is 0. The van der Waals surface area contributed by atoms with E-state index in [1.54, 1.807) is 6.20 Å². The number of nitrogens with zero attached hydrogens (tertiary/aromatic N) is 1. The molecule has 1 unspecified atom stereocenters. The van der Waals surface area contributed by atoms with Crippen molar-refractivity contribution in [1.29, 1.82) is 0 Å². The number of nitrogens with two attached hydrogens (primary N) is 1. The second kappa shape index (κ2) is 5.61. The van der Waals surface area contributed by atoms with Crippen molar-refractivity contribution >= 4 is 10.9 Å². The highest BCUT2D eigenvalue weighted by atomic mass is 16.5. The van der Waals surface area contributed by atoms with Crippen LogP contribution in [-0.4, -0.2) is 29.3 Å². The molecule has 0 aliphatic carbocycles. The highest BCUT2D eigenvalue weighted by Crippen LogP contribution is 2.18. The molecule has 0 radical (unpaired) electrons. The lowest BCUT2D eigenvalue weighted by Crippen LogP contribution is -2.26.